The van der Waals surface area contributed by atoms with E-state index in [0.717, 1.165) is 5.56 Å². The van der Waals surface area contributed by atoms with E-state index < -0.39 is 11.7 Å². The third kappa shape index (κ3) is 7.31. The van der Waals surface area contributed by atoms with Gasteiger partial charge in [0.15, 0.2) is 0 Å². The number of carbonyl (C=O) groups excluding carboxylic acids is 2. The lowest BCUT2D eigenvalue weighted by Crippen LogP contribution is -2.35. The van der Waals surface area contributed by atoms with Crippen molar-refractivity contribution in [2.45, 2.75) is 45.8 Å². The van der Waals surface area contributed by atoms with Crippen LogP contribution in [-0.4, -0.2) is 24.1 Å². The molecule has 1 aromatic carbocycles. The number of rotatable bonds is 5. The molecule has 0 fully saturated rings. The van der Waals surface area contributed by atoms with Gasteiger partial charge in [-0.15, -0.1) is 0 Å². The molecular formula is C16H23ClN2O3. The van der Waals surface area contributed by atoms with Gasteiger partial charge in [0.2, 0.25) is 5.91 Å². The molecule has 2 amide bonds. The summed E-state index contributed by atoms with van der Waals surface area (Å²) >= 11 is 5.92. The fourth-order valence-electron chi connectivity index (χ4n) is 1.77. The van der Waals surface area contributed by atoms with Crippen LogP contribution in [-0.2, 0) is 9.53 Å². The van der Waals surface area contributed by atoms with E-state index in [-0.39, 0.29) is 24.9 Å². The molecule has 122 valence electrons. The molecule has 0 aliphatic carbocycles. The summed E-state index contributed by atoms with van der Waals surface area (Å²) in [6.45, 7) is 7.46. The molecule has 6 heteroatoms. The van der Waals surface area contributed by atoms with E-state index in [2.05, 4.69) is 10.6 Å². The first-order chi connectivity index (χ1) is 10.2. The quantitative estimate of drug-likeness (QED) is 0.871. The van der Waals surface area contributed by atoms with Crippen LogP contribution in [0.15, 0.2) is 24.3 Å². The van der Waals surface area contributed by atoms with Gasteiger partial charge in [-0.3, -0.25) is 4.79 Å². The molecule has 0 bridgehead atoms. The monoisotopic (exact) mass is 326 g/mol. The predicted molar refractivity (Wildman–Crippen MR) is 86.9 cm³/mol. The first-order valence-electron chi connectivity index (χ1n) is 7.19. The Morgan fingerprint density at radius 2 is 2.00 bits per heavy atom. The van der Waals surface area contributed by atoms with E-state index in [1.54, 1.807) is 26.8 Å². The van der Waals surface area contributed by atoms with Gasteiger partial charge in [0, 0.05) is 18.0 Å². The predicted octanol–water partition coefficient (Wildman–Crippen LogP) is 3.43. The van der Waals surface area contributed by atoms with Crippen molar-refractivity contribution in [3.05, 3.63) is 34.9 Å². The zero-order valence-corrected chi connectivity index (χ0v) is 14.2. The third-order valence-electron chi connectivity index (χ3n) is 2.75. The molecule has 1 aromatic rings. The number of hydrogen-bond acceptors (Lipinski definition) is 3. The lowest BCUT2D eigenvalue weighted by molar-refractivity contribution is -0.121. The highest BCUT2D eigenvalue weighted by molar-refractivity contribution is 6.30. The summed E-state index contributed by atoms with van der Waals surface area (Å²) in [6.07, 6.45) is -0.340. The Morgan fingerprint density at radius 3 is 2.59 bits per heavy atom. The fourth-order valence-corrected chi connectivity index (χ4v) is 1.96. The fraction of sp³-hybridized carbons (Fsp3) is 0.500. The van der Waals surface area contributed by atoms with Gasteiger partial charge in [-0.25, -0.2) is 4.79 Å². The molecule has 1 rings (SSSR count). The third-order valence-corrected chi connectivity index (χ3v) is 2.98. The van der Waals surface area contributed by atoms with Gasteiger partial charge in [0.05, 0.1) is 6.04 Å². The van der Waals surface area contributed by atoms with Crippen molar-refractivity contribution in [1.82, 2.24) is 10.6 Å². The highest BCUT2D eigenvalue weighted by Crippen LogP contribution is 2.17. The molecule has 0 saturated heterocycles. The lowest BCUT2D eigenvalue weighted by atomic mass is 10.1. The number of carbonyl (C=O) groups is 2. The number of amides is 2. The molecule has 0 radical (unpaired) electrons. The van der Waals surface area contributed by atoms with Crippen LogP contribution in [0.5, 0.6) is 0 Å². The summed E-state index contributed by atoms with van der Waals surface area (Å²) in [6, 6.07) is 7.18. The molecular weight excluding hydrogens is 304 g/mol. The van der Waals surface area contributed by atoms with Crippen LogP contribution in [0.2, 0.25) is 5.02 Å². The molecule has 0 saturated carbocycles. The molecule has 22 heavy (non-hydrogen) atoms. The van der Waals surface area contributed by atoms with E-state index in [0.29, 0.717) is 5.02 Å². The first-order valence-corrected chi connectivity index (χ1v) is 7.57. The minimum atomic E-state index is -0.548. The Labute approximate surface area is 136 Å². The summed E-state index contributed by atoms with van der Waals surface area (Å²) in [5.74, 6) is -0.150. The van der Waals surface area contributed by atoms with Crippen LogP contribution in [0.25, 0.3) is 0 Å². The molecule has 0 spiro atoms. The average molecular weight is 327 g/mol. The Balaban J connectivity index is 2.33. The molecule has 0 heterocycles. The van der Waals surface area contributed by atoms with Gasteiger partial charge in [-0.05, 0) is 45.4 Å². The van der Waals surface area contributed by atoms with Crippen molar-refractivity contribution in [3.63, 3.8) is 0 Å². The van der Waals surface area contributed by atoms with Crippen molar-refractivity contribution >= 4 is 23.6 Å². The average Bonchev–Trinajstić information content (AvgIpc) is 2.36. The van der Waals surface area contributed by atoms with Gasteiger partial charge in [0.25, 0.3) is 0 Å². The number of halogens is 1. The number of ether oxygens (including phenoxy) is 1. The van der Waals surface area contributed by atoms with Gasteiger partial charge >= 0.3 is 6.09 Å². The molecule has 1 unspecified atom stereocenters. The largest absolute Gasteiger partial charge is 0.444 e. The van der Waals surface area contributed by atoms with E-state index in [9.17, 15) is 9.59 Å². The number of hydrogen-bond donors (Lipinski definition) is 2. The Hall–Kier alpha value is -1.75. The van der Waals surface area contributed by atoms with E-state index >= 15 is 0 Å². The second-order valence-electron chi connectivity index (χ2n) is 6.02. The molecule has 0 aromatic heterocycles. The summed E-state index contributed by atoms with van der Waals surface area (Å²) in [5.41, 5.74) is 0.383. The lowest BCUT2D eigenvalue weighted by Gasteiger charge is -2.19. The minimum absolute atomic E-state index is 0.146. The SMILES string of the molecule is CC(NC(=O)CCNC(=O)OC(C)(C)C)c1cccc(Cl)c1. The molecule has 0 aliphatic heterocycles. The summed E-state index contributed by atoms with van der Waals surface area (Å²) in [7, 11) is 0. The Kier molecular flexibility index (Phi) is 6.68. The normalized spacial score (nSPS) is 12.4. The first kappa shape index (κ1) is 18.3. The van der Waals surface area contributed by atoms with Crippen LogP contribution in [0.1, 0.15) is 45.7 Å². The van der Waals surface area contributed by atoms with Crippen LogP contribution in [0.4, 0.5) is 4.79 Å². The Bertz CT molecular complexity index is 526. The van der Waals surface area contributed by atoms with Gasteiger partial charge in [-0.2, -0.15) is 0 Å². The molecule has 1 atom stereocenters. The van der Waals surface area contributed by atoms with Crippen LogP contribution in [0, 0.1) is 0 Å². The molecule has 5 nitrogen and oxygen atoms in total. The molecule has 2 N–H and O–H groups in total. The maximum atomic E-state index is 11.8. The maximum Gasteiger partial charge on any atom is 0.407 e. The van der Waals surface area contributed by atoms with Crippen molar-refractivity contribution in [1.29, 1.82) is 0 Å². The Morgan fingerprint density at radius 1 is 1.32 bits per heavy atom. The van der Waals surface area contributed by atoms with Crippen molar-refractivity contribution < 1.29 is 14.3 Å². The minimum Gasteiger partial charge on any atom is -0.444 e. The van der Waals surface area contributed by atoms with Crippen molar-refractivity contribution in [2.24, 2.45) is 0 Å². The van der Waals surface area contributed by atoms with Crippen molar-refractivity contribution in [3.8, 4) is 0 Å². The van der Waals surface area contributed by atoms with Crippen molar-refractivity contribution in [2.75, 3.05) is 6.54 Å². The zero-order chi connectivity index (χ0) is 16.8. The highest BCUT2D eigenvalue weighted by Gasteiger charge is 2.16. The number of alkyl carbamates (subject to hydrolysis) is 1. The van der Waals surface area contributed by atoms with E-state index in [1.165, 1.54) is 0 Å². The van der Waals surface area contributed by atoms with E-state index in [1.807, 2.05) is 25.1 Å². The van der Waals surface area contributed by atoms with Gasteiger partial charge < -0.3 is 15.4 Å². The standard InChI is InChI=1S/C16H23ClN2O3/c1-11(12-6-5-7-13(17)10-12)19-14(20)8-9-18-15(21)22-16(2,3)4/h5-7,10-11H,8-9H2,1-4H3,(H,18,21)(H,19,20). The number of nitrogens with one attached hydrogen (secondary N) is 2. The summed E-state index contributed by atoms with van der Waals surface area (Å²) in [5, 5.41) is 6.03. The van der Waals surface area contributed by atoms with Gasteiger partial charge in [0.1, 0.15) is 5.60 Å². The molecule has 0 aliphatic rings. The summed E-state index contributed by atoms with van der Waals surface area (Å²) in [4.78, 5) is 23.3. The maximum absolute atomic E-state index is 11.8. The smallest absolute Gasteiger partial charge is 0.407 e. The van der Waals surface area contributed by atoms with Crippen LogP contribution in [0.3, 0.4) is 0 Å². The zero-order valence-electron chi connectivity index (χ0n) is 13.4. The second-order valence-corrected chi connectivity index (χ2v) is 6.46. The highest BCUT2D eigenvalue weighted by atomic mass is 35.5. The van der Waals surface area contributed by atoms with E-state index in [4.69, 9.17) is 16.3 Å². The second kappa shape index (κ2) is 8.03. The van der Waals surface area contributed by atoms with Gasteiger partial charge in [-0.1, -0.05) is 23.7 Å². The number of benzene rings is 1. The van der Waals surface area contributed by atoms with Crippen LogP contribution < -0.4 is 10.6 Å². The topological polar surface area (TPSA) is 67.4 Å². The summed E-state index contributed by atoms with van der Waals surface area (Å²) < 4.78 is 5.09. The van der Waals surface area contributed by atoms with Crippen LogP contribution >= 0.6 is 11.6 Å².